The second-order valence-electron chi connectivity index (χ2n) is 8.21. The Morgan fingerprint density at radius 2 is 2.03 bits per heavy atom. The minimum atomic E-state index is -0.275. The van der Waals surface area contributed by atoms with Gasteiger partial charge >= 0.3 is 5.97 Å². The average molecular weight is 527 g/mol. The molecule has 2 aromatic carbocycles. The molecule has 3 aromatic rings. The predicted molar refractivity (Wildman–Crippen MR) is 140 cm³/mol. The summed E-state index contributed by atoms with van der Waals surface area (Å²) in [4.78, 5) is 23.3. The molecule has 0 fully saturated rings. The summed E-state index contributed by atoms with van der Waals surface area (Å²) < 4.78 is 6.40. The molecular weight excluding hydrogens is 498 g/mol. The topological polar surface area (TPSA) is 45.1 Å². The third-order valence-electron chi connectivity index (χ3n) is 5.63. The first-order chi connectivity index (χ1) is 16.0. The Labute approximate surface area is 207 Å². The van der Waals surface area contributed by atoms with Crippen molar-refractivity contribution in [3.8, 4) is 0 Å². The quantitative estimate of drug-likeness (QED) is 0.277. The highest BCUT2D eigenvalue weighted by Gasteiger charge is 2.28. The summed E-state index contributed by atoms with van der Waals surface area (Å²) in [6, 6.07) is 16.6. The van der Waals surface area contributed by atoms with Gasteiger partial charge in [0, 0.05) is 49.3 Å². The Balaban J connectivity index is 1.61. The van der Waals surface area contributed by atoms with Crippen molar-refractivity contribution in [3.05, 3.63) is 80.1 Å². The van der Waals surface area contributed by atoms with E-state index in [-0.39, 0.29) is 5.97 Å². The van der Waals surface area contributed by atoms with E-state index >= 15 is 0 Å². The lowest BCUT2D eigenvalue weighted by molar-refractivity contribution is 0.0526. The molecule has 1 aliphatic heterocycles. The highest BCUT2D eigenvalue weighted by Crippen LogP contribution is 2.40. The lowest BCUT2D eigenvalue weighted by atomic mass is 10.0. The van der Waals surface area contributed by atoms with Gasteiger partial charge in [-0.3, -0.25) is 4.90 Å². The zero-order valence-corrected chi connectivity index (χ0v) is 21.6. The van der Waals surface area contributed by atoms with Crippen LogP contribution in [-0.4, -0.2) is 44.3 Å². The Hall–Kier alpha value is -2.48. The molecule has 172 valence electrons. The fraction of sp³-hybridized carbons (Fsp3) is 0.308. The summed E-state index contributed by atoms with van der Waals surface area (Å²) >= 11 is 5.23. The number of esters is 1. The van der Waals surface area contributed by atoms with Gasteiger partial charge in [0.1, 0.15) is 5.00 Å². The number of aliphatic imine (C=N–C) groups is 1. The van der Waals surface area contributed by atoms with E-state index in [2.05, 4.69) is 56.1 Å². The number of hydrogen-bond acceptors (Lipinski definition) is 6. The molecule has 0 amide bonds. The predicted octanol–water partition coefficient (Wildman–Crippen LogP) is 6.06. The van der Waals surface area contributed by atoms with Crippen LogP contribution in [0.1, 0.15) is 38.8 Å². The lowest BCUT2D eigenvalue weighted by Crippen LogP contribution is -2.29. The van der Waals surface area contributed by atoms with E-state index in [1.54, 1.807) is 11.3 Å². The van der Waals surface area contributed by atoms with E-state index < -0.39 is 0 Å². The monoisotopic (exact) mass is 525 g/mol. The van der Waals surface area contributed by atoms with Crippen LogP contribution >= 0.6 is 27.3 Å². The van der Waals surface area contributed by atoms with Gasteiger partial charge in [-0.2, -0.15) is 0 Å². The second-order valence-corrected chi connectivity index (χ2v) is 10.2. The number of halogens is 1. The Bertz CT molecular complexity index is 1160. The van der Waals surface area contributed by atoms with Gasteiger partial charge in [-0.1, -0.05) is 36.4 Å². The Morgan fingerprint density at radius 3 is 2.73 bits per heavy atom. The van der Waals surface area contributed by atoms with Crippen LogP contribution in [0.4, 0.5) is 10.7 Å². The maximum Gasteiger partial charge on any atom is 0.341 e. The van der Waals surface area contributed by atoms with Crippen molar-refractivity contribution in [1.82, 2.24) is 4.90 Å². The van der Waals surface area contributed by atoms with Gasteiger partial charge in [-0.25, -0.2) is 9.79 Å². The second kappa shape index (κ2) is 10.6. The third-order valence-corrected chi connectivity index (χ3v) is 7.39. The first-order valence-corrected chi connectivity index (χ1v) is 12.7. The molecule has 0 radical (unpaired) electrons. The molecule has 0 atom stereocenters. The number of ether oxygens (including phenoxy) is 1. The molecule has 4 rings (SSSR count). The van der Waals surface area contributed by atoms with Crippen molar-refractivity contribution in [3.63, 3.8) is 0 Å². The summed E-state index contributed by atoms with van der Waals surface area (Å²) in [5.41, 5.74) is 5.10. The van der Waals surface area contributed by atoms with E-state index in [9.17, 15) is 4.79 Å². The molecule has 5 nitrogen and oxygen atoms in total. The summed E-state index contributed by atoms with van der Waals surface area (Å²) in [7, 11) is 4.02. The number of thiophene rings is 1. The Morgan fingerprint density at radius 1 is 1.24 bits per heavy atom. The molecule has 2 heterocycles. The van der Waals surface area contributed by atoms with Crippen molar-refractivity contribution in [2.45, 2.75) is 26.4 Å². The minimum absolute atomic E-state index is 0.275. The van der Waals surface area contributed by atoms with Crippen LogP contribution in [0.25, 0.3) is 0 Å². The SMILES string of the molecule is CCOC(=O)c1c(N=Cc2ccc(N(C)C)c(Br)c2)sc2c1CCN(Cc1ccccc1)C2. The fourth-order valence-corrected chi connectivity index (χ4v) is 6.00. The normalized spacial score (nSPS) is 13.8. The molecule has 1 aliphatic rings. The molecule has 0 bridgehead atoms. The molecule has 33 heavy (non-hydrogen) atoms. The number of benzene rings is 2. The van der Waals surface area contributed by atoms with Gasteiger partial charge in [-0.05, 0) is 58.1 Å². The molecule has 0 N–H and O–H groups in total. The van der Waals surface area contributed by atoms with E-state index in [1.807, 2.05) is 45.4 Å². The van der Waals surface area contributed by atoms with Gasteiger partial charge in [0.15, 0.2) is 0 Å². The van der Waals surface area contributed by atoms with Crippen LogP contribution < -0.4 is 4.90 Å². The highest BCUT2D eigenvalue weighted by atomic mass is 79.9. The standard InChI is InChI=1S/C26H28BrN3O2S/c1-4-32-26(31)24-20-12-13-30(16-18-8-6-5-7-9-18)17-23(20)33-25(24)28-15-19-10-11-22(29(2)3)21(27)14-19/h5-11,14-15H,4,12-13,16-17H2,1-3H3. The molecule has 0 saturated heterocycles. The third kappa shape index (κ3) is 5.54. The number of anilines is 1. The number of carbonyl (C=O) groups is 1. The smallest absolute Gasteiger partial charge is 0.341 e. The van der Waals surface area contributed by atoms with Gasteiger partial charge in [0.05, 0.1) is 17.9 Å². The van der Waals surface area contributed by atoms with Crippen molar-refractivity contribution < 1.29 is 9.53 Å². The van der Waals surface area contributed by atoms with Crippen LogP contribution in [0, 0.1) is 0 Å². The van der Waals surface area contributed by atoms with E-state index in [0.717, 1.165) is 52.3 Å². The Kier molecular flexibility index (Phi) is 7.63. The number of hydrogen-bond donors (Lipinski definition) is 0. The van der Waals surface area contributed by atoms with E-state index in [0.29, 0.717) is 12.2 Å². The van der Waals surface area contributed by atoms with Crippen LogP contribution in [0.2, 0.25) is 0 Å². The maximum atomic E-state index is 12.8. The summed E-state index contributed by atoms with van der Waals surface area (Å²) in [6.07, 6.45) is 2.65. The zero-order valence-electron chi connectivity index (χ0n) is 19.2. The van der Waals surface area contributed by atoms with E-state index in [4.69, 9.17) is 9.73 Å². The largest absolute Gasteiger partial charge is 0.462 e. The number of fused-ring (bicyclic) bond motifs is 1. The molecule has 0 aliphatic carbocycles. The molecule has 7 heteroatoms. The van der Waals surface area contributed by atoms with Gasteiger partial charge in [0.2, 0.25) is 0 Å². The van der Waals surface area contributed by atoms with Crippen molar-refractivity contribution in [2.24, 2.45) is 4.99 Å². The van der Waals surface area contributed by atoms with Gasteiger partial charge < -0.3 is 9.64 Å². The maximum absolute atomic E-state index is 12.8. The molecule has 0 unspecified atom stereocenters. The van der Waals surface area contributed by atoms with Crippen LogP contribution in [0.15, 0.2) is 58.0 Å². The molecular formula is C26H28BrN3O2S. The van der Waals surface area contributed by atoms with Gasteiger partial charge in [-0.15, -0.1) is 11.3 Å². The molecule has 0 spiro atoms. The first-order valence-electron chi connectivity index (χ1n) is 11.0. The average Bonchev–Trinajstić information content (AvgIpc) is 3.16. The summed E-state index contributed by atoms with van der Waals surface area (Å²) in [5.74, 6) is -0.275. The fourth-order valence-electron chi connectivity index (χ4n) is 4.02. The number of nitrogens with zero attached hydrogens (tertiary/aromatic N) is 3. The minimum Gasteiger partial charge on any atom is -0.462 e. The van der Waals surface area contributed by atoms with Crippen molar-refractivity contribution >= 4 is 50.1 Å². The van der Waals surface area contributed by atoms with Crippen LogP contribution in [0.5, 0.6) is 0 Å². The molecule has 1 aromatic heterocycles. The van der Waals surface area contributed by atoms with Crippen LogP contribution in [0.3, 0.4) is 0 Å². The summed E-state index contributed by atoms with van der Waals surface area (Å²) in [6.45, 7) is 4.82. The zero-order chi connectivity index (χ0) is 23.4. The first kappa shape index (κ1) is 23.7. The van der Waals surface area contributed by atoms with Crippen molar-refractivity contribution in [1.29, 1.82) is 0 Å². The van der Waals surface area contributed by atoms with Gasteiger partial charge in [0.25, 0.3) is 0 Å². The number of carbonyl (C=O) groups excluding carboxylic acids is 1. The number of rotatable bonds is 7. The van der Waals surface area contributed by atoms with E-state index in [1.165, 1.54) is 10.4 Å². The molecule has 0 saturated carbocycles. The van der Waals surface area contributed by atoms with Crippen molar-refractivity contribution in [2.75, 3.05) is 32.1 Å². The van der Waals surface area contributed by atoms with Crippen LogP contribution in [-0.2, 0) is 24.2 Å². The highest BCUT2D eigenvalue weighted by molar-refractivity contribution is 9.10. The lowest BCUT2D eigenvalue weighted by Gasteiger charge is -2.27. The summed E-state index contributed by atoms with van der Waals surface area (Å²) in [5, 5.41) is 0.729.